The minimum absolute atomic E-state index is 0.0173. The van der Waals surface area contributed by atoms with Crippen LogP contribution in [0.4, 0.5) is 0 Å². The Morgan fingerprint density at radius 1 is 1.33 bits per heavy atom. The van der Waals surface area contributed by atoms with Crippen molar-refractivity contribution in [3.8, 4) is 0 Å². The first kappa shape index (κ1) is 15.5. The molecule has 0 spiro atoms. The van der Waals surface area contributed by atoms with Gasteiger partial charge in [-0.3, -0.25) is 9.69 Å². The lowest BCUT2D eigenvalue weighted by atomic mass is 9.78. The topological polar surface area (TPSA) is 29.5 Å². The molecule has 1 aliphatic rings. The second-order valence-corrected chi connectivity index (χ2v) is 5.88. The molecule has 1 fully saturated rings. The summed E-state index contributed by atoms with van der Waals surface area (Å²) in [5, 5.41) is 0. The highest BCUT2D eigenvalue weighted by molar-refractivity contribution is 5.75. The van der Waals surface area contributed by atoms with Crippen LogP contribution in [0.15, 0.2) is 0 Å². The number of methoxy groups -OCH3 is 1. The fraction of sp³-hybridized carbons (Fsp3) is 0.933. The summed E-state index contributed by atoms with van der Waals surface area (Å²) in [5.41, 5.74) is 0.474. The van der Waals surface area contributed by atoms with Crippen LogP contribution in [0.2, 0.25) is 0 Å². The number of nitrogens with zero attached hydrogens (tertiary/aromatic N) is 1. The summed E-state index contributed by atoms with van der Waals surface area (Å²) in [5.74, 6) is -0.0523. The molecule has 0 aromatic rings. The molecule has 0 amide bonds. The number of unbranched alkanes of at least 4 members (excludes halogenated alkanes) is 1. The summed E-state index contributed by atoms with van der Waals surface area (Å²) >= 11 is 0. The summed E-state index contributed by atoms with van der Waals surface area (Å²) in [7, 11) is 1.50. The predicted molar refractivity (Wildman–Crippen MR) is 74.5 cm³/mol. The molecule has 0 bridgehead atoms. The summed E-state index contributed by atoms with van der Waals surface area (Å²) in [6.07, 6.45) is 6.80. The minimum Gasteiger partial charge on any atom is -0.468 e. The van der Waals surface area contributed by atoms with Gasteiger partial charge in [-0.15, -0.1) is 0 Å². The van der Waals surface area contributed by atoms with Crippen molar-refractivity contribution in [2.24, 2.45) is 5.41 Å². The average molecular weight is 255 g/mol. The largest absolute Gasteiger partial charge is 0.468 e. The Kier molecular flexibility index (Phi) is 6.13. The number of likely N-dealkylation sites (tertiary alicyclic amines) is 1. The Labute approximate surface area is 112 Å². The van der Waals surface area contributed by atoms with Gasteiger partial charge in [0.05, 0.1) is 7.11 Å². The van der Waals surface area contributed by atoms with Gasteiger partial charge < -0.3 is 4.74 Å². The van der Waals surface area contributed by atoms with Crippen molar-refractivity contribution >= 4 is 5.97 Å². The first-order valence-electron chi connectivity index (χ1n) is 7.38. The van der Waals surface area contributed by atoms with Crippen LogP contribution in [0, 0.1) is 5.41 Å². The first-order valence-corrected chi connectivity index (χ1v) is 7.38. The number of ether oxygens (including phenoxy) is 1. The Balaban J connectivity index is 2.57. The molecule has 3 heteroatoms. The number of hydrogen-bond donors (Lipinski definition) is 0. The van der Waals surface area contributed by atoms with E-state index in [0.29, 0.717) is 5.41 Å². The lowest BCUT2D eigenvalue weighted by Gasteiger charge is -2.41. The van der Waals surface area contributed by atoms with E-state index in [2.05, 4.69) is 25.7 Å². The van der Waals surface area contributed by atoms with Crippen LogP contribution in [0.5, 0.6) is 0 Å². The van der Waals surface area contributed by atoms with Gasteiger partial charge in [-0.1, -0.05) is 40.0 Å². The van der Waals surface area contributed by atoms with E-state index in [9.17, 15) is 4.79 Å². The first-order chi connectivity index (χ1) is 8.56. The fourth-order valence-corrected chi connectivity index (χ4v) is 2.71. The summed E-state index contributed by atoms with van der Waals surface area (Å²) < 4.78 is 4.96. The SMILES string of the molecule is CCCCC(C(=O)OC)N1CCC(C)(CC)CC1. The Bertz CT molecular complexity index is 257. The van der Waals surface area contributed by atoms with Crippen molar-refractivity contribution in [3.63, 3.8) is 0 Å². The lowest BCUT2D eigenvalue weighted by Crippen LogP contribution is -2.48. The van der Waals surface area contributed by atoms with Crippen molar-refractivity contribution in [1.82, 2.24) is 4.90 Å². The molecule has 18 heavy (non-hydrogen) atoms. The van der Waals surface area contributed by atoms with Crippen LogP contribution in [-0.4, -0.2) is 37.1 Å². The number of rotatable bonds is 6. The van der Waals surface area contributed by atoms with Gasteiger partial charge in [0.1, 0.15) is 6.04 Å². The molecule has 1 heterocycles. The Morgan fingerprint density at radius 3 is 2.39 bits per heavy atom. The third-order valence-electron chi connectivity index (χ3n) is 4.60. The van der Waals surface area contributed by atoms with Crippen LogP contribution < -0.4 is 0 Å². The second kappa shape index (κ2) is 7.13. The predicted octanol–water partition coefficient (Wildman–Crippen LogP) is 3.23. The highest BCUT2D eigenvalue weighted by Gasteiger charge is 2.34. The van der Waals surface area contributed by atoms with Gasteiger partial charge >= 0.3 is 5.97 Å². The molecule has 0 aromatic heterocycles. The van der Waals surface area contributed by atoms with E-state index in [1.54, 1.807) is 0 Å². The monoisotopic (exact) mass is 255 g/mol. The third kappa shape index (κ3) is 3.98. The zero-order valence-electron chi connectivity index (χ0n) is 12.5. The smallest absolute Gasteiger partial charge is 0.323 e. The number of hydrogen-bond acceptors (Lipinski definition) is 3. The van der Waals surface area contributed by atoms with Crippen molar-refractivity contribution < 1.29 is 9.53 Å². The van der Waals surface area contributed by atoms with E-state index in [1.165, 1.54) is 26.4 Å². The van der Waals surface area contributed by atoms with Gasteiger partial charge in [0.2, 0.25) is 0 Å². The highest BCUT2D eigenvalue weighted by Crippen LogP contribution is 2.35. The zero-order valence-corrected chi connectivity index (χ0v) is 12.5. The maximum absolute atomic E-state index is 11.9. The van der Waals surface area contributed by atoms with Gasteiger partial charge in [0.15, 0.2) is 0 Å². The van der Waals surface area contributed by atoms with Crippen LogP contribution in [0.25, 0.3) is 0 Å². The average Bonchev–Trinajstić information content (AvgIpc) is 2.41. The molecule has 0 radical (unpaired) electrons. The quantitative estimate of drug-likeness (QED) is 0.682. The molecule has 1 atom stereocenters. The summed E-state index contributed by atoms with van der Waals surface area (Å²) in [6, 6.07) is -0.0173. The van der Waals surface area contributed by atoms with Crippen LogP contribution in [0.1, 0.15) is 59.3 Å². The molecule has 1 unspecified atom stereocenters. The summed E-state index contributed by atoms with van der Waals surface area (Å²) in [4.78, 5) is 14.2. The summed E-state index contributed by atoms with van der Waals surface area (Å²) in [6.45, 7) is 8.87. The van der Waals surface area contributed by atoms with Gasteiger partial charge in [0, 0.05) is 0 Å². The Morgan fingerprint density at radius 2 is 1.94 bits per heavy atom. The molecule has 0 N–H and O–H groups in total. The van der Waals surface area contributed by atoms with Crippen molar-refractivity contribution in [2.75, 3.05) is 20.2 Å². The van der Waals surface area contributed by atoms with Crippen LogP contribution in [0.3, 0.4) is 0 Å². The van der Waals surface area contributed by atoms with Crippen LogP contribution >= 0.6 is 0 Å². The van der Waals surface area contributed by atoms with E-state index in [1.807, 2.05) is 0 Å². The Hall–Kier alpha value is -0.570. The molecule has 0 aromatic carbocycles. The number of carbonyl (C=O) groups is 1. The normalized spacial score (nSPS) is 21.6. The third-order valence-corrected chi connectivity index (χ3v) is 4.60. The van der Waals surface area contributed by atoms with Gasteiger partial charge in [-0.2, -0.15) is 0 Å². The molecule has 106 valence electrons. The molecule has 1 saturated heterocycles. The molecule has 1 aliphatic heterocycles. The molecule has 1 rings (SSSR count). The maximum Gasteiger partial charge on any atom is 0.323 e. The number of esters is 1. The van der Waals surface area contributed by atoms with E-state index in [4.69, 9.17) is 4.74 Å². The van der Waals surface area contributed by atoms with Gasteiger partial charge in [0.25, 0.3) is 0 Å². The highest BCUT2D eigenvalue weighted by atomic mass is 16.5. The maximum atomic E-state index is 11.9. The molecular formula is C15H29NO2. The molecule has 0 aliphatic carbocycles. The van der Waals surface area contributed by atoms with Gasteiger partial charge in [-0.05, 0) is 37.8 Å². The van der Waals surface area contributed by atoms with E-state index in [0.717, 1.165) is 32.4 Å². The van der Waals surface area contributed by atoms with E-state index in [-0.39, 0.29) is 12.0 Å². The number of carbonyl (C=O) groups excluding carboxylic acids is 1. The number of piperidine rings is 1. The lowest BCUT2D eigenvalue weighted by molar-refractivity contribution is -0.148. The van der Waals surface area contributed by atoms with Crippen molar-refractivity contribution in [2.45, 2.75) is 65.3 Å². The van der Waals surface area contributed by atoms with E-state index < -0.39 is 0 Å². The van der Waals surface area contributed by atoms with Crippen molar-refractivity contribution in [3.05, 3.63) is 0 Å². The molecule has 0 saturated carbocycles. The second-order valence-electron chi connectivity index (χ2n) is 5.88. The van der Waals surface area contributed by atoms with Gasteiger partial charge in [-0.25, -0.2) is 0 Å². The van der Waals surface area contributed by atoms with Crippen LogP contribution in [-0.2, 0) is 9.53 Å². The standard InChI is InChI=1S/C15H29NO2/c1-5-7-8-13(14(17)18-4)16-11-9-15(3,6-2)10-12-16/h13H,5-12H2,1-4H3. The van der Waals surface area contributed by atoms with Crippen molar-refractivity contribution in [1.29, 1.82) is 0 Å². The fourth-order valence-electron chi connectivity index (χ4n) is 2.71. The molecule has 3 nitrogen and oxygen atoms in total. The minimum atomic E-state index is -0.0523. The molecular weight excluding hydrogens is 226 g/mol. The zero-order chi connectivity index (χ0) is 13.6. The van der Waals surface area contributed by atoms with E-state index >= 15 is 0 Å².